The number of rotatable bonds is 3. The van der Waals surface area contributed by atoms with Gasteiger partial charge in [0.05, 0.1) is 6.04 Å². The Bertz CT molecular complexity index is 338. The molecule has 1 aliphatic rings. The van der Waals surface area contributed by atoms with E-state index in [-0.39, 0.29) is 6.04 Å². The van der Waals surface area contributed by atoms with Crippen molar-refractivity contribution in [1.29, 1.82) is 0 Å². The van der Waals surface area contributed by atoms with Gasteiger partial charge >= 0.3 is 0 Å². The van der Waals surface area contributed by atoms with E-state index in [4.69, 9.17) is 16.3 Å². The van der Waals surface area contributed by atoms with Crippen molar-refractivity contribution in [2.45, 2.75) is 18.9 Å². The quantitative estimate of drug-likeness (QED) is 0.748. The average Bonchev–Trinajstić information content (AvgIpc) is 2.69. The first-order valence-corrected chi connectivity index (χ1v) is 5.04. The fourth-order valence-electron chi connectivity index (χ4n) is 1.45. The van der Waals surface area contributed by atoms with Crippen molar-refractivity contribution >= 4 is 18.0 Å². The van der Waals surface area contributed by atoms with Gasteiger partial charge in [-0.15, -0.1) is 0 Å². The highest BCUT2D eigenvalue weighted by Gasteiger charge is 2.12. The predicted molar refractivity (Wildman–Crippen MR) is 56.9 cm³/mol. The number of nitrogens with zero attached hydrogens (tertiary/aromatic N) is 1. The topological polar surface area (TPSA) is 21.6 Å². The minimum Gasteiger partial charge on any atom is -0.472 e. The molecule has 0 bridgehead atoms. The molecule has 1 heterocycles. The van der Waals surface area contributed by atoms with Crippen LogP contribution < -0.4 is 0 Å². The highest BCUT2D eigenvalue weighted by atomic mass is 35.5. The number of halogens is 1. The van der Waals surface area contributed by atoms with Gasteiger partial charge in [0.25, 0.3) is 6.40 Å². The SMILES string of the molecule is Clc1ccccc1CCC1CO[C]=N1. The van der Waals surface area contributed by atoms with E-state index in [1.165, 1.54) is 5.56 Å². The molecule has 0 amide bonds. The van der Waals surface area contributed by atoms with Gasteiger partial charge in [0.15, 0.2) is 0 Å². The molecule has 1 aromatic rings. The van der Waals surface area contributed by atoms with Gasteiger partial charge in [-0.1, -0.05) is 29.8 Å². The lowest BCUT2D eigenvalue weighted by molar-refractivity contribution is 0.322. The fraction of sp³-hybridized carbons (Fsp3) is 0.364. The molecule has 0 aromatic heterocycles. The van der Waals surface area contributed by atoms with Gasteiger partial charge in [-0.3, -0.25) is 0 Å². The summed E-state index contributed by atoms with van der Waals surface area (Å²) < 4.78 is 4.93. The summed E-state index contributed by atoms with van der Waals surface area (Å²) in [7, 11) is 0. The van der Waals surface area contributed by atoms with Gasteiger partial charge in [0.1, 0.15) is 6.61 Å². The third-order valence-corrected chi connectivity index (χ3v) is 2.65. The molecular weight excluding hydrogens is 198 g/mol. The largest absolute Gasteiger partial charge is 0.472 e. The lowest BCUT2D eigenvalue weighted by Crippen LogP contribution is -2.07. The molecular formula is C11H11ClNO. The first kappa shape index (κ1) is 9.53. The van der Waals surface area contributed by atoms with Crippen LogP contribution in [0.2, 0.25) is 5.02 Å². The Kier molecular flexibility index (Phi) is 3.04. The molecule has 0 aliphatic carbocycles. The number of ether oxygens (including phenoxy) is 1. The van der Waals surface area contributed by atoms with E-state index in [1.54, 1.807) is 0 Å². The molecule has 1 atom stereocenters. The highest BCUT2D eigenvalue weighted by Crippen LogP contribution is 2.18. The summed E-state index contributed by atoms with van der Waals surface area (Å²) in [6, 6.07) is 8.16. The third kappa shape index (κ3) is 2.26. The molecule has 0 saturated carbocycles. The fourth-order valence-corrected chi connectivity index (χ4v) is 1.68. The van der Waals surface area contributed by atoms with E-state index in [0.29, 0.717) is 6.61 Å². The maximum Gasteiger partial charge on any atom is 0.273 e. The third-order valence-electron chi connectivity index (χ3n) is 2.28. The average molecular weight is 209 g/mol. The van der Waals surface area contributed by atoms with Crippen LogP contribution in [0.4, 0.5) is 0 Å². The second-order valence-corrected chi connectivity index (χ2v) is 3.72. The van der Waals surface area contributed by atoms with E-state index in [9.17, 15) is 0 Å². The first-order valence-electron chi connectivity index (χ1n) is 4.66. The molecule has 1 unspecified atom stereocenters. The van der Waals surface area contributed by atoms with Crippen molar-refractivity contribution in [2.75, 3.05) is 6.61 Å². The van der Waals surface area contributed by atoms with Crippen molar-refractivity contribution in [2.24, 2.45) is 4.99 Å². The zero-order valence-corrected chi connectivity index (χ0v) is 8.50. The molecule has 0 fully saturated rings. The summed E-state index contributed by atoms with van der Waals surface area (Å²) in [4.78, 5) is 4.07. The summed E-state index contributed by atoms with van der Waals surface area (Å²) in [5.41, 5.74) is 1.18. The van der Waals surface area contributed by atoms with E-state index in [0.717, 1.165) is 17.9 Å². The zero-order valence-electron chi connectivity index (χ0n) is 7.74. The number of benzene rings is 1. The Morgan fingerprint density at radius 1 is 1.50 bits per heavy atom. The molecule has 2 rings (SSSR count). The second-order valence-electron chi connectivity index (χ2n) is 3.32. The number of hydrogen-bond donors (Lipinski definition) is 0. The summed E-state index contributed by atoms with van der Waals surface area (Å²) in [5.74, 6) is 0. The van der Waals surface area contributed by atoms with E-state index >= 15 is 0 Å². The molecule has 1 aliphatic heterocycles. The first-order chi connectivity index (χ1) is 6.86. The van der Waals surface area contributed by atoms with Crippen molar-refractivity contribution < 1.29 is 4.74 Å². The van der Waals surface area contributed by atoms with Crippen LogP contribution >= 0.6 is 11.6 Å². The van der Waals surface area contributed by atoms with Gasteiger partial charge in [-0.05, 0) is 24.5 Å². The number of aryl methyl sites for hydroxylation is 1. The van der Waals surface area contributed by atoms with Crippen LogP contribution in [-0.2, 0) is 11.2 Å². The Morgan fingerprint density at radius 2 is 2.36 bits per heavy atom. The minimum absolute atomic E-state index is 0.256. The van der Waals surface area contributed by atoms with Crippen LogP contribution in [0.15, 0.2) is 29.3 Å². The van der Waals surface area contributed by atoms with Gasteiger partial charge in [-0.2, -0.15) is 0 Å². The Morgan fingerprint density at radius 3 is 3.07 bits per heavy atom. The molecule has 0 saturated heterocycles. The number of aliphatic imine (C=N–C) groups is 1. The Balaban J connectivity index is 1.91. The van der Waals surface area contributed by atoms with Crippen LogP contribution in [0.25, 0.3) is 0 Å². The summed E-state index contributed by atoms with van der Waals surface area (Å²) in [5, 5.41) is 0.833. The maximum atomic E-state index is 6.03. The van der Waals surface area contributed by atoms with E-state index in [1.807, 2.05) is 24.3 Å². The van der Waals surface area contributed by atoms with Gasteiger partial charge in [0, 0.05) is 5.02 Å². The Labute approximate surface area is 88.6 Å². The summed E-state index contributed by atoms with van der Waals surface area (Å²) in [6.45, 7) is 0.657. The predicted octanol–water partition coefficient (Wildman–Crippen LogP) is 2.58. The molecule has 73 valence electrons. The minimum atomic E-state index is 0.256. The molecule has 2 nitrogen and oxygen atoms in total. The van der Waals surface area contributed by atoms with Crippen LogP contribution in [0, 0.1) is 0 Å². The van der Waals surface area contributed by atoms with Gasteiger partial charge in [0.2, 0.25) is 0 Å². The second kappa shape index (κ2) is 4.47. The molecule has 14 heavy (non-hydrogen) atoms. The smallest absolute Gasteiger partial charge is 0.273 e. The lowest BCUT2D eigenvalue weighted by Gasteiger charge is -2.06. The van der Waals surface area contributed by atoms with Crippen LogP contribution in [0.5, 0.6) is 0 Å². The lowest BCUT2D eigenvalue weighted by atomic mass is 10.1. The van der Waals surface area contributed by atoms with Crippen molar-refractivity contribution in [1.82, 2.24) is 0 Å². The molecule has 0 N–H and O–H groups in total. The summed E-state index contributed by atoms with van der Waals surface area (Å²) in [6.07, 6.45) is 4.43. The van der Waals surface area contributed by atoms with Gasteiger partial charge in [-0.25, -0.2) is 4.99 Å². The molecule has 3 heteroatoms. The maximum absolute atomic E-state index is 6.03. The normalized spacial score (nSPS) is 19.6. The monoisotopic (exact) mass is 208 g/mol. The summed E-state index contributed by atoms with van der Waals surface area (Å²) >= 11 is 6.03. The van der Waals surface area contributed by atoms with Crippen LogP contribution in [0.3, 0.4) is 0 Å². The standard InChI is InChI=1S/C11H11ClNO/c12-11-4-2-1-3-9(11)5-6-10-7-14-8-13-10/h1-4,10H,5-7H2. The van der Waals surface area contributed by atoms with E-state index < -0.39 is 0 Å². The van der Waals surface area contributed by atoms with Crippen molar-refractivity contribution in [3.63, 3.8) is 0 Å². The van der Waals surface area contributed by atoms with Crippen molar-refractivity contribution in [3.05, 3.63) is 34.9 Å². The highest BCUT2D eigenvalue weighted by molar-refractivity contribution is 6.31. The van der Waals surface area contributed by atoms with Crippen LogP contribution in [-0.4, -0.2) is 19.0 Å². The van der Waals surface area contributed by atoms with E-state index in [2.05, 4.69) is 11.4 Å². The number of hydrogen-bond acceptors (Lipinski definition) is 2. The van der Waals surface area contributed by atoms with Crippen molar-refractivity contribution in [3.8, 4) is 0 Å². The molecule has 1 aromatic carbocycles. The van der Waals surface area contributed by atoms with Gasteiger partial charge < -0.3 is 4.74 Å². The molecule has 1 radical (unpaired) electrons. The zero-order chi connectivity index (χ0) is 9.80. The van der Waals surface area contributed by atoms with Crippen LogP contribution in [0.1, 0.15) is 12.0 Å². The Hall–Kier alpha value is -1.02. The molecule has 0 spiro atoms.